The SMILES string of the molecule is CC(C)n1c(CC[C@@H](O)C[C@@H](O)CC(=O)[O-])c(-c2ccc(F)cc2)c(-c2ccccc2)c1C(=O)Nc1ccc(O)cc1. The molecule has 0 fully saturated rings. The van der Waals surface area contributed by atoms with Crippen LogP contribution in [0.25, 0.3) is 22.3 Å². The van der Waals surface area contributed by atoms with Crippen molar-refractivity contribution in [2.24, 2.45) is 0 Å². The summed E-state index contributed by atoms with van der Waals surface area (Å²) in [6, 6.07) is 21.3. The number of aromatic hydroxyl groups is 1. The number of hydrogen-bond donors (Lipinski definition) is 4. The number of carbonyl (C=O) groups excluding carboxylic acids is 2. The number of carboxylic acids is 1. The number of phenols is 1. The van der Waals surface area contributed by atoms with Crippen LogP contribution in [0, 0.1) is 5.82 Å². The Labute approximate surface area is 243 Å². The molecule has 1 amide bonds. The maximum atomic E-state index is 14.1. The first-order valence-electron chi connectivity index (χ1n) is 13.8. The average Bonchev–Trinajstić information content (AvgIpc) is 3.29. The molecule has 9 heteroatoms. The molecule has 4 N–H and O–H groups in total. The summed E-state index contributed by atoms with van der Waals surface area (Å²) in [6.45, 7) is 3.87. The summed E-state index contributed by atoms with van der Waals surface area (Å²) in [7, 11) is 0. The van der Waals surface area contributed by atoms with Gasteiger partial charge in [0.25, 0.3) is 5.91 Å². The van der Waals surface area contributed by atoms with Crippen LogP contribution in [0.4, 0.5) is 10.1 Å². The van der Waals surface area contributed by atoms with Crippen LogP contribution in [0.2, 0.25) is 0 Å². The number of carboxylic acid groups (broad SMARTS) is 1. The van der Waals surface area contributed by atoms with Crippen LogP contribution in [0.3, 0.4) is 0 Å². The molecule has 4 aromatic rings. The third-order valence-corrected chi connectivity index (χ3v) is 7.02. The summed E-state index contributed by atoms with van der Waals surface area (Å²) in [4.78, 5) is 24.9. The molecule has 0 radical (unpaired) electrons. The number of aromatic nitrogens is 1. The van der Waals surface area contributed by atoms with E-state index in [4.69, 9.17) is 0 Å². The van der Waals surface area contributed by atoms with Crippen LogP contribution < -0.4 is 10.4 Å². The van der Waals surface area contributed by atoms with Gasteiger partial charge in [-0.1, -0.05) is 42.5 Å². The number of aliphatic hydroxyl groups excluding tert-OH is 2. The Bertz CT molecular complexity index is 1520. The van der Waals surface area contributed by atoms with Gasteiger partial charge in [-0.3, -0.25) is 4.79 Å². The van der Waals surface area contributed by atoms with Gasteiger partial charge in [0.05, 0.1) is 12.2 Å². The van der Waals surface area contributed by atoms with Gasteiger partial charge in [0.2, 0.25) is 0 Å². The third-order valence-electron chi connectivity index (χ3n) is 7.02. The van der Waals surface area contributed by atoms with Gasteiger partial charge in [0.15, 0.2) is 0 Å². The lowest BCUT2D eigenvalue weighted by atomic mass is 9.92. The zero-order chi connectivity index (χ0) is 30.4. The van der Waals surface area contributed by atoms with E-state index in [9.17, 15) is 34.4 Å². The van der Waals surface area contributed by atoms with E-state index in [-0.39, 0.29) is 31.1 Å². The topological polar surface area (TPSA) is 135 Å². The first-order chi connectivity index (χ1) is 20.0. The summed E-state index contributed by atoms with van der Waals surface area (Å²) in [5.74, 6) is -2.15. The van der Waals surface area contributed by atoms with Crippen molar-refractivity contribution in [2.45, 2.75) is 57.8 Å². The van der Waals surface area contributed by atoms with Gasteiger partial charge in [-0.25, -0.2) is 4.39 Å². The molecule has 0 bridgehead atoms. The fourth-order valence-electron chi connectivity index (χ4n) is 5.24. The van der Waals surface area contributed by atoms with Gasteiger partial charge in [-0.05, 0) is 80.6 Å². The molecular weight excluding hydrogens is 539 g/mol. The van der Waals surface area contributed by atoms with Crippen LogP contribution in [0.15, 0.2) is 78.9 Å². The molecule has 0 saturated heterocycles. The maximum absolute atomic E-state index is 14.1. The average molecular weight is 574 g/mol. The highest BCUT2D eigenvalue weighted by Gasteiger charge is 2.30. The molecule has 0 aliphatic carbocycles. The van der Waals surface area contributed by atoms with Crippen molar-refractivity contribution < 1.29 is 34.4 Å². The summed E-state index contributed by atoms with van der Waals surface area (Å²) in [5.41, 5.74) is 4.34. The molecule has 0 unspecified atom stereocenters. The summed E-state index contributed by atoms with van der Waals surface area (Å²) >= 11 is 0. The van der Waals surface area contributed by atoms with Crippen LogP contribution in [0.1, 0.15) is 55.3 Å². The quantitative estimate of drug-likeness (QED) is 0.182. The zero-order valence-electron chi connectivity index (χ0n) is 23.5. The van der Waals surface area contributed by atoms with E-state index in [1.54, 1.807) is 24.3 Å². The summed E-state index contributed by atoms with van der Waals surface area (Å²) in [6.07, 6.45) is -2.57. The number of nitrogens with zero attached hydrogens (tertiary/aromatic N) is 1. The van der Waals surface area contributed by atoms with Gasteiger partial charge in [0, 0.05) is 40.9 Å². The number of aliphatic hydroxyl groups is 2. The second kappa shape index (κ2) is 13.5. The molecule has 8 nitrogen and oxygen atoms in total. The summed E-state index contributed by atoms with van der Waals surface area (Å²) < 4.78 is 15.9. The van der Waals surface area contributed by atoms with E-state index in [1.165, 1.54) is 24.3 Å². The van der Waals surface area contributed by atoms with Crippen LogP contribution in [-0.4, -0.2) is 44.0 Å². The minimum absolute atomic E-state index is 0.0627. The Morgan fingerprint density at radius 3 is 2.10 bits per heavy atom. The number of aliphatic carboxylic acids is 1. The van der Waals surface area contributed by atoms with E-state index in [0.717, 1.165) is 11.3 Å². The standard InChI is InChI=1S/C33H35FN2O6/c1-20(2)36-28(17-16-26(38)18-27(39)19-29(40)41)30(22-8-10-23(34)11-9-22)31(21-6-4-3-5-7-21)32(36)33(42)35-24-12-14-25(37)15-13-24/h3-15,20,26-27,37-39H,16-19H2,1-2H3,(H,35,42)(H,40,41)/p-1/t26-,27-/m1/s1. The molecular formula is C33H34FN2O6-. The molecule has 0 saturated carbocycles. The lowest BCUT2D eigenvalue weighted by Gasteiger charge is -2.20. The lowest BCUT2D eigenvalue weighted by Crippen LogP contribution is -2.29. The molecule has 42 heavy (non-hydrogen) atoms. The van der Waals surface area contributed by atoms with E-state index in [2.05, 4.69) is 5.32 Å². The molecule has 0 spiro atoms. The number of hydrogen-bond acceptors (Lipinski definition) is 6. The number of rotatable bonds is 12. The van der Waals surface area contributed by atoms with Crippen molar-refractivity contribution in [3.63, 3.8) is 0 Å². The number of anilines is 1. The third kappa shape index (κ3) is 7.23. The molecule has 0 aliphatic heterocycles. The minimum atomic E-state index is -1.40. The van der Waals surface area contributed by atoms with Crippen LogP contribution in [0.5, 0.6) is 5.75 Å². The number of amides is 1. The van der Waals surface area contributed by atoms with E-state index >= 15 is 0 Å². The number of benzene rings is 3. The van der Waals surface area contributed by atoms with E-state index in [1.807, 2.05) is 48.7 Å². The number of nitrogens with one attached hydrogen (secondary N) is 1. The van der Waals surface area contributed by atoms with Crippen molar-refractivity contribution in [3.8, 4) is 28.0 Å². The number of carbonyl (C=O) groups is 2. The molecule has 2 atom stereocenters. The monoisotopic (exact) mass is 573 g/mol. The number of phenolic OH excluding ortho intramolecular Hbond substituents is 1. The molecule has 1 aromatic heterocycles. The predicted octanol–water partition coefficient (Wildman–Crippen LogP) is 4.68. The Balaban J connectivity index is 1.89. The molecule has 220 valence electrons. The first kappa shape index (κ1) is 30.5. The number of halogens is 1. The Morgan fingerprint density at radius 1 is 0.881 bits per heavy atom. The van der Waals surface area contributed by atoms with Crippen molar-refractivity contribution in [1.82, 2.24) is 4.57 Å². The smallest absolute Gasteiger partial charge is 0.272 e. The van der Waals surface area contributed by atoms with Crippen molar-refractivity contribution in [3.05, 3.63) is 96.1 Å². The fourth-order valence-corrected chi connectivity index (χ4v) is 5.24. The molecule has 3 aromatic carbocycles. The van der Waals surface area contributed by atoms with Crippen molar-refractivity contribution in [1.29, 1.82) is 0 Å². The second-order valence-corrected chi connectivity index (χ2v) is 10.5. The van der Waals surface area contributed by atoms with Gasteiger partial charge in [-0.2, -0.15) is 0 Å². The molecule has 0 aliphatic rings. The molecule has 1 heterocycles. The second-order valence-electron chi connectivity index (χ2n) is 10.5. The van der Waals surface area contributed by atoms with Gasteiger partial charge in [0.1, 0.15) is 17.3 Å². The fraction of sp³-hybridized carbons (Fsp3) is 0.273. The lowest BCUT2D eigenvalue weighted by molar-refractivity contribution is -0.307. The van der Waals surface area contributed by atoms with Crippen LogP contribution >= 0.6 is 0 Å². The Hall–Kier alpha value is -4.47. The van der Waals surface area contributed by atoms with E-state index in [0.29, 0.717) is 28.1 Å². The minimum Gasteiger partial charge on any atom is -0.550 e. The van der Waals surface area contributed by atoms with Crippen LogP contribution in [-0.2, 0) is 11.2 Å². The predicted molar refractivity (Wildman–Crippen MR) is 156 cm³/mol. The van der Waals surface area contributed by atoms with Gasteiger partial charge in [-0.15, -0.1) is 0 Å². The summed E-state index contributed by atoms with van der Waals surface area (Å²) in [5, 5.41) is 44.2. The Kier molecular flexibility index (Phi) is 9.77. The highest BCUT2D eigenvalue weighted by molar-refractivity contribution is 6.11. The highest BCUT2D eigenvalue weighted by atomic mass is 19.1. The maximum Gasteiger partial charge on any atom is 0.272 e. The first-order valence-corrected chi connectivity index (χ1v) is 13.8. The van der Waals surface area contributed by atoms with Crippen molar-refractivity contribution >= 4 is 17.6 Å². The highest BCUT2D eigenvalue weighted by Crippen LogP contribution is 2.43. The van der Waals surface area contributed by atoms with Gasteiger partial charge >= 0.3 is 0 Å². The normalized spacial score (nSPS) is 12.7. The van der Waals surface area contributed by atoms with Crippen molar-refractivity contribution in [2.75, 3.05) is 5.32 Å². The zero-order valence-corrected chi connectivity index (χ0v) is 23.5. The van der Waals surface area contributed by atoms with Gasteiger partial charge < -0.3 is 35.1 Å². The molecule has 4 rings (SSSR count). The Morgan fingerprint density at radius 2 is 1.50 bits per heavy atom. The largest absolute Gasteiger partial charge is 0.550 e. The van der Waals surface area contributed by atoms with E-state index < -0.39 is 36.3 Å².